The first kappa shape index (κ1) is 12.8. The molecule has 0 aromatic heterocycles. The van der Waals surface area contributed by atoms with Gasteiger partial charge in [-0.3, -0.25) is 4.79 Å². The van der Waals surface area contributed by atoms with Crippen molar-refractivity contribution >= 4 is 5.91 Å². The number of hydrogen-bond donors (Lipinski definition) is 1. The predicted molar refractivity (Wildman–Crippen MR) is 68.6 cm³/mol. The molecule has 4 heteroatoms. The highest BCUT2D eigenvalue weighted by Crippen LogP contribution is 2.46. The monoisotopic (exact) mass is 239 g/mol. The molecule has 1 aliphatic carbocycles. The first-order valence-electron chi connectivity index (χ1n) is 6.75. The molecule has 0 unspecified atom stereocenters. The SMILES string of the molecule is CC1CC(CN)(C(=O)N2CCCN(C)CC2)C1. The van der Waals surface area contributed by atoms with Gasteiger partial charge in [-0.15, -0.1) is 0 Å². The van der Waals surface area contributed by atoms with E-state index in [1.165, 1.54) is 0 Å². The molecule has 2 fully saturated rings. The van der Waals surface area contributed by atoms with Gasteiger partial charge in [0.15, 0.2) is 0 Å². The third-order valence-electron chi connectivity index (χ3n) is 4.33. The van der Waals surface area contributed by atoms with Crippen LogP contribution in [0.2, 0.25) is 0 Å². The Morgan fingerprint density at radius 3 is 2.59 bits per heavy atom. The van der Waals surface area contributed by atoms with Crippen LogP contribution in [0.15, 0.2) is 0 Å². The Morgan fingerprint density at radius 2 is 2.00 bits per heavy atom. The summed E-state index contributed by atoms with van der Waals surface area (Å²) < 4.78 is 0. The number of likely N-dealkylation sites (N-methyl/N-ethyl adjacent to an activating group) is 1. The number of carbonyl (C=O) groups is 1. The summed E-state index contributed by atoms with van der Waals surface area (Å²) in [5, 5.41) is 0. The Morgan fingerprint density at radius 1 is 1.29 bits per heavy atom. The molecule has 4 nitrogen and oxygen atoms in total. The second kappa shape index (κ2) is 4.94. The van der Waals surface area contributed by atoms with Crippen LogP contribution in [0.3, 0.4) is 0 Å². The Hall–Kier alpha value is -0.610. The van der Waals surface area contributed by atoms with Gasteiger partial charge in [0.1, 0.15) is 0 Å². The maximum Gasteiger partial charge on any atom is 0.230 e. The van der Waals surface area contributed by atoms with Crippen LogP contribution < -0.4 is 5.73 Å². The molecular formula is C13H25N3O. The molecule has 1 amide bonds. The van der Waals surface area contributed by atoms with Crippen LogP contribution >= 0.6 is 0 Å². The van der Waals surface area contributed by atoms with Crippen molar-refractivity contribution in [1.29, 1.82) is 0 Å². The van der Waals surface area contributed by atoms with E-state index in [4.69, 9.17) is 5.73 Å². The first-order chi connectivity index (χ1) is 8.07. The number of amides is 1. The quantitative estimate of drug-likeness (QED) is 0.764. The van der Waals surface area contributed by atoms with E-state index in [0.717, 1.165) is 45.4 Å². The maximum absolute atomic E-state index is 12.6. The number of carbonyl (C=O) groups excluding carboxylic acids is 1. The topological polar surface area (TPSA) is 49.6 Å². The molecule has 0 radical (unpaired) electrons. The molecular weight excluding hydrogens is 214 g/mol. The van der Waals surface area contributed by atoms with Crippen LogP contribution in [0, 0.1) is 11.3 Å². The molecule has 17 heavy (non-hydrogen) atoms. The summed E-state index contributed by atoms with van der Waals surface area (Å²) in [5.74, 6) is 0.977. The van der Waals surface area contributed by atoms with Crippen LogP contribution in [0.5, 0.6) is 0 Å². The smallest absolute Gasteiger partial charge is 0.230 e. The molecule has 0 atom stereocenters. The van der Waals surface area contributed by atoms with E-state index in [1.807, 2.05) is 4.90 Å². The molecule has 1 aliphatic heterocycles. The van der Waals surface area contributed by atoms with Crippen molar-refractivity contribution in [3.8, 4) is 0 Å². The van der Waals surface area contributed by atoms with Crippen molar-refractivity contribution < 1.29 is 4.79 Å². The zero-order valence-corrected chi connectivity index (χ0v) is 11.1. The van der Waals surface area contributed by atoms with Gasteiger partial charge in [-0.2, -0.15) is 0 Å². The van der Waals surface area contributed by atoms with Crippen molar-refractivity contribution in [2.24, 2.45) is 17.1 Å². The van der Waals surface area contributed by atoms with Crippen LogP contribution in [0.4, 0.5) is 0 Å². The Balaban J connectivity index is 1.99. The van der Waals surface area contributed by atoms with Gasteiger partial charge in [0.25, 0.3) is 0 Å². The van der Waals surface area contributed by atoms with Gasteiger partial charge in [0, 0.05) is 26.2 Å². The second-order valence-electron chi connectivity index (χ2n) is 5.95. The minimum Gasteiger partial charge on any atom is -0.341 e. The summed E-state index contributed by atoms with van der Waals surface area (Å²) in [6.07, 6.45) is 3.04. The van der Waals surface area contributed by atoms with Gasteiger partial charge in [-0.05, 0) is 38.8 Å². The van der Waals surface area contributed by atoms with E-state index in [0.29, 0.717) is 18.4 Å². The number of nitrogens with two attached hydrogens (primary N) is 1. The summed E-state index contributed by atoms with van der Waals surface area (Å²) in [4.78, 5) is 16.9. The summed E-state index contributed by atoms with van der Waals surface area (Å²) in [5.41, 5.74) is 5.63. The van der Waals surface area contributed by atoms with Crippen LogP contribution in [-0.2, 0) is 4.79 Å². The highest BCUT2D eigenvalue weighted by atomic mass is 16.2. The van der Waals surface area contributed by atoms with E-state index in [2.05, 4.69) is 18.9 Å². The zero-order chi connectivity index (χ0) is 12.5. The summed E-state index contributed by atoms with van der Waals surface area (Å²) in [7, 11) is 2.12. The standard InChI is InChI=1S/C13H25N3O/c1-11-8-13(9-11,10-14)12(17)16-5-3-4-15(2)6-7-16/h11H,3-10,14H2,1-2H3. The van der Waals surface area contributed by atoms with E-state index in [1.54, 1.807) is 0 Å². The summed E-state index contributed by atoms with van der Waals surface area (Å²) in [6, 6.07) is 0. The average molecular weight is 239 g/mol. The van der Waals surface area contributed by atoms with Crippen molar-refractivity contribution in [2.75, 3.05) is 39.8 Å². The van der Waals surface area contributed by atoms with E-state index in [-0.39, 0.29) is 5.41 Å². The highest BCUT2D eigenvalue weighted by molar-refractivity contribution is 5.84. The van der Waals surface area contributed by atoms with Gasteiger partial charge >= 0.3 is 0 Å². The lowest BCUT2D eigenvalue weighted by Crippen LogP contribution is -2.55. The second-order valence-corrected chi connectivity index (χ2v) is 5.95. The molecule has 0 spiro atoms. The fourth-order valence-corrected chi connectivity index (χ4v) is 3.29. The molecule has 1 saturated carbocycles. The van der Waals surface area contributed by atoms with Crippen LogP contribution in [-0.4, -0.2) is 55.5 Å². The highest BCUT2D eigenvalue weighted by Gasteiger charge is 2.48. The molecule has 1 saturated heterocycles. The van der Waals surface area contributed by atoms with Crippen molar-refractivity contribution in [3.63, 3.8) is 0 Å². The molecule has 0 aromatic carbocycles. The van der Waals surface area contributed by atoms with Crippen LogP contribution in [0.25, 0.3) is 0 Å². The number of nitrogens with zero attached hydrogens (tertiary/aromatic N) is 2. The lowest BCUT2D eigenvalue weighted by molar-refractivity contribution is -0.149. The summed E-state index contributed by atoms with van der Waals surface area (Å²) in [6.45, 7) is 6.57. The predicted octanol–water partition coefficient (Wildman–Crippen LogP) is 0.526. The van der Waals surface area contributed by atoms with Crippen LogP contribution in [0.1, 0.15) is 26.2 Å². The molecule has 0 aromatic rings. The Labute approximate surface area is 104 Å². The normalized spacial score (nSPS) is 35.2. The molecule has 2 rings (SSSR count). The van der Waals surface area contributed by atoms with Crippen molar-refractivity contribution in [3.05, 3.63) is 0 Å². The average Bonchev–Trinajstić information content (AvgIpc) is 2.48. The fourth-order valence-electron chi connectivity index (χ4n) is 3.29. The molecule has 98 valence electrons. The number of rotatable bonds is 2. The maximum atomic E-state index is 12.6. The van der Waals surface area contributed by atoms with Gasteiger partial charge in [-0.25, -0.2) is 0 Å². The molecule has 0 bridgehead atoms. The minimum atomic E-state index is -0.220. The lowest BCUT2D eigenvalue weighted by atomic mass is 9.62. The van der Waals surface area contributed by atoms with Gasteiger partial charge in [-0.1, -0.05) is 6.92 Å². The largest absolute Gasteiger partial charge is 0.341 e. The molecule has 2 N–H and O–H groups in total. The first-order valence-corrected chi connectivity index (χ1v) is 6.75. The summed E-state index contributed by atoms with van der Waals surface area (Å²) >= 11 is 0. The van der Waals surface area contributed by atoms with E-state index in [9.17, 15) is 4.79 Å². The van der Waals surface area contributed by atoms with Gasteiger partial charge in [0.05, 0.1) is 5.41 Å². The third-order valence-corrected chi connectivity index (χ3v) is 4.33. The zero-order valence-electron chi connectivity index (χ0n) is 11.1. The van der Waals surface area contributed by atoms with E-state index < -0.39 is 0 Å². The molecule has 1 heterocycles. The fraction of sp³-hybridized carbons (Fsp3) is 0.923. The molecule has 2 aliphatic rings. The van der Waals surface area contributed by atoms with Gasteiger partial charge < -0.3 is 15.5 Å². The third kappa shape index (κ3) is 2.47. The lowest BCUT2D eigenvalue weighted by Gasteiger charge is -2.46. The number of hydrogen-bond acceptors (Lipinski definition) is 3. The minimum absolute atomic E-state index is 0.220. The van der Waals surface area contributed by atoms with E-state index >= 15 is 0 Å². The van der Waals surface area contributed by atoms with Gasteiger partial charge in [0.2, 0.25) is 5.91 Å². The Bertz CT molecular complexity index is 286. The van der Waals surface area contributed by atoms with Crippen molar-refractivity contribution in [2.45, 2.75) is 26.2 Å². The Kier molecular flexibility index (Phi) is 3.73. The van der Waals surface area contributed by atoms with Crippen molar-refractivity contribution in [1.82, 2.24) is 9.80 Å².